The summed E-state index contributed by atoms with van der Waals surface area (Å²) in [6.07, 6.45) is 1.18. The molecule has 2 aromatic rings. The molecule has 0 radical (unpaired) electrons. The molecule has 1 saturated heterocycles. The van der Waals surface area contributed by atoms with Crippen molar-refractivity contribution >= 4 is 23.3 Å². The molecular formula is C16H18N4O2S. The standard InChI is InChI=1S/C16H18N4O2S/c1-11-15(23-19-18-11)16(22)17-13-9-14(21)20(10-13)8-7-12-5-3-2-4-6-12/h2-6,13H,7-10H2,1H3,(H,17,22)/t13-/m1/s1. The fourth-order valence-corrected chi connectivity index (χ4v) is 3.24. The second-order valence-corrected chi connectivity index (χ2v) is 6.39. The summed E-state index contributed by atoms with van der Waals surface area (Å²) in [7, 11) is 0. The highest BCUT2D eigenvalue weighted by Crippen LogP contribution is 2.15. The highest BCUT2D eigenvalue weighted by Gasteiger charge is 2.31. The number of benzene rings is 1. The van der Waals surface area contributed by atoms with Crippen LogP contribution in [-0.4, -0.2) is 45.4 Å². The predicted octanol–water partition coefficient (Wildman–Crippen LogP) is 1.42. The third-order valence-corrected chi connectivity index (χ3v) is 4.75. The molecule has 2 heterocycles. The van der Waals surface area contributed by atoms with Gasteiger partial charge < -0.3 is 10.2 Å². The second-order valence-electron chi connectivity index (χ2n) is 5.64. The summed E-state index contributed by atoms with van der Waals surface area (Å²) in [5.74, 6) is -0.106. The van der Waals surface area contributed by atoms with Crippen LogP contribution < -0.4 is 5.32 Å². The number of rotatable bonds is 5. The molecule has 1 aliphatic rings. The Morgan fingerprint density at radius 2 is 2.17 bits per heavy atom. The van der Waals surface area contributed by atoms with Gasteiger partial charge in [0.2, 0.25) is 5.91 Å². The van der Waals surface area contributed by atoms with Gasteiger partial charge >= 0.3 is 0 Å². The first-order valence-corrected chi connectivity index (χ1v) is 8.32. The second kappa shape index (κ2) is 6.87. The highest BCUT2D eigenvalue weighted by atomic mass is 32.1. The predicted molar refractivity (Wildman–Crippen MR) is 87.2 cm³/mol. The van der Waals surface area contributed by atoms with E-state index in [0.29, 0.717) is 30.1 Å². The van der Waals surface area contributed by atoms with E-state index >= 15 is 0 Å². The van der Waals surface area contributed by atoms with Crippen molar-refractivity contribution in [2.75, 3.05) is 13.1 Å². The van der Waals surface area contributed by atoms with E-state index in [0.717, 1.165) is 18.0 Å². The summed E-state index contributed by atoms with van der Waals surface area (Å²) in [4.78, 5) is 26.6. The van der Waals surface area contributed by atoms with Gasteiger partial charge in [-0.2, -0.15) is 0 Å². The van der Waals surface area contributed by atoms with Crippen LogP contribution in [0, 0.1) is 6.92 Å². The lowest BCUT2D eigenvalue weighted by Crippen LogP contribution is -2.37. The van der Waals surface area contributed by atoms with E-state index in [-0.39, 0.29) is 17.9 Å². The number of aromatic nitrogens is 2. The van der Waals surface area contributed by atoms with Crippen molar-refractivity contribution in [3.05, 3.63) is 46.5 Å². The molecule has 23 heavy (non-hydrogen) atoms. The summed E-state index contributed by atoms with van der Waals surface area (Å²) in [6, 6.07) is 9.93. The topological polar surface area (TPSA) is 75.2 Å². The molecule has 3 rings (SSSR count). The Hall–Kier alpha value is -2.28. The first-order valence-electron chi connectivity index (χ1n) is 7.55. The van der Waals surface area contributed by atoms with Crippen LogP contribution >= 0.6 is 11.5 Å². The van der Waals surface area contributed by atoms with Crippen molar-refractivity contribution in [3.63, 3.8) is 0 Å². The van der Waals surface area contributed by atoms with Gasteiger partial charge in [0.15, 0.2) is 0 Å². The molecular weight excluding hydrogens is 312 g/mol. The SMILES string of the molecule is Cc1nnsc1C(=O)N[C@@H]1CC(=O)N(CCc2ccccc2)C1. The number of amides is 2. The Morgan fingerprint density at radius 3 is 2.87 bits per heavy atom. The van der Waals surface area contributed by atoms with Crippen LogP contribution in [0.2, 0.25) is 0 Å². The molecule has 0 unspecified atom stereocenters. The monoisotopic (exact) mass is 330 g/mol. The molecule has 0 spiro atoms. The van der Waals surface area contributed by atoms with Crippen molar-refractivity contribution in [2.45, 2.75) is 25.8 Å². The van der Waals surface area contributed by atoms with Crippen LogP contribution in [-0.2, 0) is 11.2 Å². The number of nitrogens with one attached hydrogen (secondary N) is 1. The molecule has 120 valence electrons. The third-order valence-electron chi connectivity index (χ3n) is 3.92. The van der Waals surface area contributed by atoms with Crippen LogP contribution in [0.15, 0.2) is 30.3 Å². The first-order chi connectivity index (χ1) is 11.1. The minimum atomic E-state index is -0.194. The zero-order chi connectivity index (χ0) is 16.2. The molecule has 6 nitrogen and oxygen atoms in total. The fourth-order valence-electron chi connectivity index (χ4n) is 2.68. The molecule has 1 aromatic carbocycles. The van der Waals surface area contributed by atoms with Gasteiger partial charge in [-0.3, -0.25) is 9.59 Å². The first kappa shape index (κ1) is 15.6. The average molecular weight is 330 g/mol. The molecule has 1 aromatic heterocycles. The lowest BCUT2D eigenvalue weighted by molar-refractivity contribution is -0.127. The number of carbonyl (C=O) groups excluding carboxylic acids is 2. The molecule has 1 fully saturated rings. The lowest BCUT2D eigenvalue weighted by atomic mass is 10.1. The maximum Gasteiger partial charge on any atom is 0.265 e. The van der Waals surface area contributed by atoms with E-state index in [4.69, 9.17) is 0 Å². The summed E-state index contributed by atoms with van der Waals surface area (Å²) in [6.45, 7) is 2.99. The number of hydrogen-bond acceptors (Lipinski definition) is 5. The Morgan fingerprint density at radius 1 is 1.39 bits per heavy atom. The van der Waals surface area contributed by atoms with E-state index < -0.39 is 0 Å². The zero-order valence-electron chi connectivity index (χ0n) is 12.9. The average Bonchev–Trinajstić information content (AvgIpc) is 3.12. The number of aryl methyl sites for hydroxylation is 1. The number of hydrogen-bond donors (Lipinski definition) is 1. The summed E-state index contributed by atoms with van der Waals surface area (Å²) >= 11 is 1.08. The molecule has 1 atom stereocenters. The van der Waals surface area contributed by atoms with Crippen LogP contribution in [0.4, 0.5) is 0 Å². The van der Waals surface area contributed by atoms with E-state index in [1.807, 2.05) is 23.1 Å². The lowest BCUT2D eigenvalue weighted by Gasteiger charge is -2.17. The summed E-state index contributed by atoms with van der Waals surface area (Å²) in [5, 5.41) is 6.75. The Balaban J connectivity index is 1.53. The van der Waals surface area contributed by atoms with Crippen molar-refractivity contribution in [1.29, 1.82) is 0 Å². The minimum Gasteiger partial charge on any atom is -0.346 e. The summed E-state index contributed by atoms with van der Waals surface area (Å²) in [5.41, 5.74) is 1.83. The highest BCUT2D eigenvalue weighted by molar-refractivity contribution is 7.08. The van der Waals surface area contributed by atoms with E-state index in [1.165, 1.54) is 5.56 Å². The van der Waals surface area contributed by atoms with Gasteiger partial charge in [0.1, 0.15) is 4.88 Å². The Bertz CT molecular complexity index is 701. The molecule has 0 bridgehead atoms. The van der Waals surface area contributed by atoms with Crippen molar-refractivity contribution in [3.8, 4) is 0 Å². The maximum atomic E-state index is 12.2. The molecule has 0 saturated carbocycles. The molecule has 1 N–H and O–H groups in total. The van der Waals surface area contributed by atoms with Gasteiger partial charge in [-0.1, -0.05) is 34.8 Å². The van der Waals surface area contributed by atoms with Crippen molar-refractivity contribution in [1.82, 2.24) is 19.8 Å². The van der Waals surface area contributed by atoms with Gasteiger partial charge in [-0.05, 0) is 30.4 Å². The van der Waals surface area contributed by atoms with Crippen LogP contribution in [0.25, 0.3) is 0 Å². The van der Waals surface area contributed by atoms with Gasteiger partial charge in [-0.15, -0.1) is 5.10 Å². The molecule has 0 aliphatic carbocycles. The van der Waals surface area contributed by atoms with Crippen molar-refractivity contribution in [2.24, 2.45) is 0 Å². The fraction of sp³-hybridized carbons (Fsp3) is 0.375. The summed E-state index contributed by atoms with van der Waals surface area (Å²) < 4.78 is 3.76. The largest absolute Gasteiger partial charge is 0.346 e. The normalized spacial score (nSPS) is 17.5. The quantitative estimate of drug-likeness (QED) is 0.900. The number of likely N-dealkylation sites (tertiary alicyclic amines) is 1. The van der Waals surface area contributed by atoms with Crippen molar-refractivity contribution < 1.29 is 9.59 Å². The smallest absolute Gasteiger partial charge is 0.265 e. The van der Waals surface area contributed by atoms with Gasteiger partial charge in [-0.25, -0.2) is 0 Å². The number of carbonyl (C=O) groups is 2. The van der Waals surface area contributed by atoms with E-state index in [1.54, 1.807) is 6.92 Å². The van der Waals surface area contributed by atoms with Gasteiger partial charge in [0.25, 0.3) is 5.91 Å². The zero-order valence-corrected chi connectivity index (χ0v) is 13.7. The number of nitrogens with zero attached hydrogens (tertiary/aromatic N) is 3. The third kappa shape index (κ3) is 3.73. The van der Waals surface area contributed by atoms with Crippen LogP contribution in [0.5, 0.6) is 0 Å². The minimum absolute atomic E-state index is 0.0883. The Kier molecular flexibility index (Phi) is 4.66. The van der Waals surface area contributed by atoms with Crippen LogP contribution in [0.3, 0.4) is 0 Å². The molecule has 7 heteroatoms. The van der Waals surface area contributed by atoms with Gasteiger partial charge in [0.05, 0.1) is 11.7 Å². The molecule has 2 amide bonds. The molecule has 1 aliphatic heterocycles. The van der Waals surface area contributed by atoms with Gasteiger partial charge in [0, 0.05) is 19.5 Å². The maximum absolute atomic E-state index is 12.2. The Labute approximate surface area is 138 Å². The van der Waals surface area contributed by atoms with Crippen LogP contribution in [0.1, 0.15) is 27.3 Å². The van der Waals surface area contributed by atoms with E-state index in [2.05, 4.69) is 27.0 Å². The van der Waals surface area contributed by atoms with E-state index in [9.17, 15) is 9.59 Å².